The second-order valence-electron chi connectivity index (χ2n) is 9.92. The maximum Gasteiger partial charge on any atom is 0.336 e. The minimum Gasteiger partial charge on any atom is -0.463 e. The van der Waals surface area contributed by atoms with Crippen LogP contribution in [0.2, 0.25) is 0 Å². The van der Waals surface area contributed by atoms with Gasteiger partial charge in [0.1, 0.15) is 10.8 Å². The second kappa shape index (κ2) is 12.1. The second-order valence-corrected chi connectivity index (χ2v) is 10.7. The quantitative estimate of drug-likeness (QED) is 0.211. The van der Waals surface area contributed by atoms with Gasteiger partial charge in [-0.05, 0) is 62.5 Å². The first-order chi connectivity index (χ1) is 19.4. The summed E-state index contributed by atoms with van der Waals surface area (Å²) in [4.78, 5) is 28.7. The van der Waals surface area contributed by atoms with Crippen LogP contribution >= 0.6 is 11.5 Å². The van der Waals surface area contributed by atoms with E-state index in [-0.39, 0.29) is 18.1 Å². The molecule has 0 aliphatic carbocycles. The SMILES string of the molecule is CCOC(=O)C1=C(C)Nc2snc(CCCN3CCN(c4ccccc4F)CC3)c2C1c1cccc([N+](=O)[O-])c1. The molecule has 3 aromatic rings. The molecule has 2 aliphatic rings. The molecular weight excluding hydrogens is 533 g/mol. The van der Waals surface area contributed by atoms with Crippen LogP contribution in [0.15, 0.2) is 59.8 Å². The third-order valence-corrected chi connectivity index (χ3v) is 8.26. The van der Waals surface area contributed by atoms with Crippen molar-refractivity contribution in [2.24, 2.45) is 0 Å². The molecule has 1 N–H and O–H groups in total. The molecule has 0 radical (unpaired) electrons. The summed E-state index contributed by atoms with van der Waals surface area (Å²) in [5.41, 5.74) is 4.14. The van der Waals surface area contributed by atoms with E-state index in [1.807, 2.05) is 25.1 Å². The molecule has 9 nitrogen and oxygen atoms in total. The van der Waals surface area contributed by atoms with Gasteiger partial charge in [0.15, 0.2) is 0 Å². The number of carbonyl (C=O) groups excluding carboxylic acids is 1. The largest absolute Gasteiger partial charge is 0.463 e. The fourth-order valence-electron chi connectivity index (χ4n) is 5.52. The van der Waals surface area contributed by atoms with Crippen molar-refractivity contribution in [1.29, 1.82) is 0 Å². The van der Waals surface area contributed by atoms with Gasteiger partial charge in [-0.25, -0.2) is 9.18 Å². The fourth-order valence-corrected chi connectivity index (χ4v) is 6.44. The van der Waals surface area contributed by atoms with Crippen LogP contribution in [0, 0.1) is 15.9 Å². The van der Waals surface area contributed by atoms with Crippen LogP contribution < -0.4 is 10.2 Å². The summed E-state index contributed by atoms with van der Waals surface area (Å²) in [6, 6.07) is 13.3. The number of hydrogen-bond donors (Lipinski definition) is 1. The predicted octanol–water partition coefficient (Wildman–Crippen LogP) is 5.34. The first-order valence-corrected chi connectivity index (χ1v) is 14.2. The first-order valence-electron chi connectivity index (χ1n) is 13.5. The number of rotatable bonds is 9. The number of esters is 1. The number of piperazine rings is 1. The maximum atomic E-state index is 14.2. The van der Waals surface area contributed by atoms with Crippen LogP contribution in [0.1, 0.15) is 43.0 Å². The number of aromatic nitrogens is 1. The number of benzene rings is 2. The van der Waals surface area contributed by atoms with Crippen molar-refractivity contribution < 1.29 is 18.8 Å². The highest BCUT2D eigenvalue weighted by molar-refractivity contribution is 7.10. The van der Waals surface area contributed by atoms with Gasteiger partial charge >= 0.3 is 5.97 Å². The number of ether oxygens (including phenoxy) is 1. The number of aryl methyl sites for hydroxylation is 1. The molecule has 2 aliphatic heterocycles. The molecule has 1 aromatic heterocycles. The Bertz CT molecular complexity index is 1430. The van der Waals surface area contributed by atoms with Crippen molar-refractivity contribution in [3.05, 3.63) is 92.6 Å². The number of allylic oxidation sites excluding steroid dienone is 1. The zero-order chi connectivity index (χ0) is 28.2. The summed E-state index contributed by atoms with van der Waals surface area (Å²) < 4.78 is 24.3. The van der Waals surface area contributed by atoms with Crippen molar-refractivity contribution in [1.82, 2.24) is 9.27 Å². The summed E-state index contributed by atoms with van der Waals surface area (Å²) in [7, 11) is 0. The zero-order valence-corrected chi connectivity index (χ0v) is 23.4. The highest BCUT2D eigenvalue weighted by Crippen LogP contribution is 2.46. The number of halogens is 1. The molecule has 0 spiro atoms. The summed E-state index contributed by atoms with van der Waals surface area (Å²) in [5.74, 6) is -1.16. The van der Waals surface area contributed by atoms with E-state index in [4.69, 9.17) is 9.11 Å². The van der Waals surface area contributed by atoms with Crippen molar-refractivity contribution in [3.63, 3.8) is 0 Å². The molecule has 2 aromatic carbocycles. The smallest absolute Gasteiger partial charge is 0.336 e. The predicted molar refractivity (Wildman–Crippen MR) is 153 cm³/mol. The lowest BCUT2D eigenvalue weighted by Crippen LogP contribution is -2.47. The average molecular weight is 566 g/mol. The monoisotopic (exact) mass is 565 g/mol. The zero-order valence-electron chi connectivity index (χ0n) is 22.6. The number of fused-ring (bicyclic) bond motifs is 1. The van der Waals surface area contributed by atoms with Gasteiger partial charge in [0, 0.05) is 55.5 Å². The Morgan fingerprint density at radius 1 is 1.20 bits per heavy atom. The summed E-state index contributed by atoms with van der Waals surface area (Å²) in [5, 5.41) is 15.7. The number of anilines is 2. The molecule has 1 fully saturated rings. The molecule has 11 heteroatoms. The van der Waals surface area contributed by atoms with E-state index in [1.165, 1.54) is 29.7 Å². The minimum absolute atomic E-state index is 0.0299. The van der Waals surface area contributed by atoms with Crippen LogP contribution in [-0.4, -0.2) is 59.5 Å². The number of hydrogen-bond acceptors (Lipinski definition) is 9. The van der Waals surface area contributed by atoms with Crippen molar-refractivity contribution in [2.45, 2.75) is 32.6 Å². The van der Waals surface area contributed by atoms with Crippen LogP contribution in [0.25, 0.3) is 0 Å². The lowest BCUT2D eigenvalue weighted by Gasteiger charge is -2.36. The van der Waals surface area contributed by atoms with E-state index < -0.39 is 16.8 Å². The molecule has 0 saturated carbocycles. The van der Waals surface area contributed by atoms with Gasteiger partial charge in [0.25, 0.3) is 5.69 Å². The van der Waals surface area contributed by atoms with Crippen LogP contribution in [0.4, 0.5) is 20.8 Å². The lowest BCUT2D eigenvalue weighted by molar-refractivity contribution is -0.384. The highest BCUT2D eigenvalue weighted by atomic mass is 32.1. The third kappa shape index (κ3) is 5.71. The van der Waals surface area contributed by atoms with Gasteiger partial charge < -0.3 is 15.0 Å². The molecular formula is C29H32FN5O4S. The van der Waals surface area contributed by atoms with Gasteiger partial charge in [-0.3, -0.25) is 15.0 Å². The Kier molecular flexibility index (Phi) is 8.41. The average Bonchev–Trinajstić information content (AvgIpc) is 3.35. The maximum absolute atomic E-state index is 14.2. The van der Waals surface area contributed by atoms with E-state index >= 15 is 0 Å². The van der Waals surface area contributed by atoms with Crippen LogP contribution in [-0.2, 0) is 16.0 Å². The molecule has 3 heterocycles. The number of non-ortho nitro benzene ring substituents is 1. The summed E-state index contributed by atoms with van der Waals surface area (Å²) in [6.07, 6.45) is 1.55. The molecule has 0 bridgehead atoms. The Morgan fingerprint density at radius 3 is 2.70 bits per heavy atom. The number of nitrogens with zero attached hydrogens (tertiary/aromatic N) is 4. The number of carbonyl (C=O) groups is 1. The van der Waals surface area contributed by atoms with E-state index in [1.54, 1.807) is 19.1 Å². The summed E-state index contributed by atoms with van der Waals surface area (Å²) in [6.45, 7) is 7.88. The van der Waals surface area contributed by atoms with Crippen LogP contribution in [0.5, 0.6) is 0 Å². The van der Waals surface area contributed by atoms with Gasteiger partial charge in [-0.1, -0.05) is 24.3 Å². The molecule has 1 unspecified atom stereocenters. The van der Waals surface area contributed by atoms with E-state index in [0.717, 1.165) is 55.4 Å². The van der Waals surface area contributed by atoms with E-state index in [2.05, 4.69) is 15.1 Å². The third-order valence-electron chi connectivity index (χ3n) is 7.45. The lowest BCUT2D eigenvalue weighted by atomic mass is 9.81. The van der Waals surface area contributed by atoms with Gasteiger partial charge in [0.05, 0.1) is 28.5 Å². The highest BCUT2D eigenvalue weighted by Gasteiger charge is 2.37. The van der Waals surface area contributed by atoms with Gasteiger partial charge in [-0.15, -0.1) is 0 Å². The molecule has 1 saturated heterocycles. The Morgan fingerprint density at radius 2 is 1.98 bits per heavy atom. The number of nitro groups is 1. The molecule has 1 atom stereocenters. The number of nitro benzene ring substituents is 1. The summed E-state index contributed by atoms with van der Waals surface area (Å²) >= 11 is 1.34. The molecule has 210 valence electrons. The Hall–Kier alpha value is -3.83. The topological polar surface area (TPSA) is 101 Å². The van der Waals surface area contributed by atoms with Crippen molar-refractivity contribution >= 4 is 33.9 Å². The Labute approximate surface area is 236 Å². The number of para-hydroxylation sites is 1. The van der Waals surface area contributed by atoms with Gasteiger partial charge in [-0.2, -0.15) is 4.37 Å². The molecule has 0 amide bonds. The van der Waals surface area contributed by atoms with Crippen molar-refractivity contribution in [2.75, 3.05) is 49.5 Å². The normalized spacial score (nSPS) is 17.4. The van der Waals surface area contributed by atoms with Gasteiger partial charge in [0.2, 0.25) is 0 Å². The van der Waals surface area contributed by atoms with E-state index in [9.17, 15) is 19.3 Å². The minimum atomic E-state index is -0.520. The molecule has 40 heavy (non-hydrogen) atoms. The standard InChI is InChI=1S/C29H32FN5O4S/c1-3-39-29(36)25-19(2)31-28-27(26(25)20-8-6-9-21(18-20)35(37)38)23(32-40-28)11-7-13-33-14-16-34(17-15-33)24-12-5-4-10-22(24)30/h4-6,8-10,12,18,26,31H,3,7,11,13-17H2,1-2H3. The fraction of sp³-hybridized carbons (Fsp3) is 0.379. The van der Waals surface area contributed by atoms with Crippen molar-refractivity contribution in [3.8, 4) is 0 Å². The van der Waals surface area contributed by atoms with E-state index in [0.29, 0.717) is 28.9 Å². The van der Waals surface area contributed by atoms with Crippen LogP contribution in [0.3, 0.4) is 0 Å². The molecule has 5 rings (SSSR count). The Balaban J connectivity index is 1.33. The first kappa shape index (κ1) is 27.7. The number of nitrogens with one attached hydrogen (secondary N) is 1.